The van der Waals surface area contributed by atoms with E-state index in [0.717, 1.165) is 19.3 Å². The van der Waals surface area contributed by atoms with E-state index in [1.54, 1.807) is 7.05 Å². The van der Waals surface area contributed by atoms with Crippen LogP contribution in [0.1, 0.15) is 44.6 Å². The van der Waals surface area contributed by atoms with Crippen molar-refractivity contribution in [2.75, 3.05) is 7.05 Å². The van der Waals surface area contributed by atoms with Crippen molar-refractivity contribution < 1.29 is 9.59 Å². The Morgan fingerprint density at radius 1 is 1.05 bits per heavy atom. The molecule has 3 heteroatoms. The third kappa shape index (κ3) is 2.62. The normalized spacial score (nSPS) is 24.2. The van der Waals surface area contributed by atoms with E-state index < -0.39 is 0 Å². The molecule has 0 spiro atoms. The first-order valence-electron chi connectivity index (χ1n) is 7.46. The zero-order valence-electron chi connectivity index (χ0n) is 12.5. The van der Waals surface area contributed by atoms with Crippen molar-refractivity contribution in [1.29, 1.82) is 0 Å². The fourth-order valence-electron chi connectivity index (χ4n) is 3.24. The number of benzene rings is 1. The lowest BCUT2D eigenvalue weighted by molar-refractivity contribution is -0.138. The third-order valence-corrected chi connectivity index (χ3v) is 4.52. The second kappa shape index (κ2) is 6.21. The van der Waals surface area contributed by atoms with Crippen LogP contribution in [0, 0.1) is 11.8 Å². The highest BCUT2D eigenvalue weighted by Gasteiger charge is 2.45. The zero-order valence-corrected chi connectivity index (χ0v) is 12.5. The van der Waals surface area contributed by atoms with Crippen LogP contribution in [0.15, 0.2) is 30.3 Å². The molecule has 1 aliphatic rings. The van der Waals surface area contributed by atoms with Crippen LogP contribution in [0.4, 0.5) is 0 Å². The van der Waals surface area contributed by atoms with E-state index in [1.165, 1.54) is 10.5 Å². The summed E-state index contributed by atoms with van der Waals surface area (Å²) in [6, 6.07) is 10.3. The summed E-state index contributed by atoms with van der Waals surface area (Å²) in [6.45, 7) is 4.13. The van der Waals surface area contributed by atoms with Gasteiger partial charge in [-0.15, -0.1) is 0 Å². The van der Waals surface area contributed by atoms with Crippen LogP contribution in [0.5, 0.6) is 0 Å². The summed E-state index contributed by atoms with van der Waals surface area (Å²) >= 11 is 0. The van der Waals surface area contributed by atoms with Gasteiger partial charge in [0.15, 0.2) is 0 Å². The molecule has 1 fully saturated rings. The van der Waals surface area contributed by atoms with Crippen molar-refractivity contribution in [3.05, 3.63) is 35.9 Å². The Bertz CT molecular complexity index is 483. The molecule has 2 amide bonds. The van der Waals surface area contributed by atoms with Gasteiger partial charge in [-0.3, -0.25) is 14.5 Å². The van der Waals surface area contributed by atoms with Crippen LogP contribution in [0.2, 0.25) is 0 Å². The number of imide groups is 1. The molecule has 0 radical (unpaired) electrons. The van der Waals surface area contributed by atoms with Crippen LogP contribution in [0.3, 0.4) is 0 Å². The van der Waals surface area contributed by atoms with Gasteiger partial charge in [0.05, 0.1) is 5.92 Å². The van der Waals surface area contributed by atoms with Gasteiger partial charge in [-0.25, -0.2) is 0 Å². The monoisotopic (exact) mass is 273 g/mol. The van der Waals surface area contributed by atoms with Gasteiger partial charge in [0, 0.05) is 13.0 Å². The second-order valence-corrected chi connectivity index (χ2v) is 5.61. The molecule has 1 saturated heterocycles. The van der Waals surface area contributed by atoms with Gasteiger partial charge in [0.25, 0.3) is 0 Å². The molecule has 20 heavy (non-hydrogen) atoms. The molecule has 0 aliphatic carbocycles. The van der Waals surface area contributed by atoms with E-state index >= 15 is 0 Å². The number of hydrogen-bond donors (Lipinski definition) is 0. The number of hydrogen-bond acceptors (Lipinski definition) is 2. The molecule has 3 nitrogen and oxygen atoms in total. The summed E-state index contributed by atoms with van der Waals surface area (Å²) in [4.78, 5) is 25.7. The molecule has 1 aliphatic heterocycles. The molecule has 1 aromatic carbocycles. The van der Waals surface area contributed by atoms with E-state index in [0.29, 0.717) is 5.92 Å². The average molecular weight is 273 g/mol. The van der Waals surface area contributed by atoms with Gasteiger partial charge in [-0.1, -0.05) is 44.2 Å². The smallest absolute Gasteiger partial charge is 0.232 e. The molecule has 1 aromatic rings. The molecule has 3 atom stereocenters. The lowest BCUT2D eigenvalue weighted by Gasteiger charge is -2.21. The first kappa shape index (κ1) is 14.8. The maximum atomic E-state index is 12.3. The van der Waals surface area contributed by atoms with E-state index in [1.807, 2.05) is 25.1 Å². The molecule has 3 unspecified atom stereocenters. The summed E-state index contributed by atoms with van der Waals surface area (Å²) < 4.78 is 0. The number of likely N-dealkylation sites (tertiary alicyclic amines) is 1. The van der Waals surface area contributed by atoms with Crippen LogP contribution < -0.4 is 0 Å². The Balaban J connectivity index is 2.19. The summed E-state index contributed by atoms with van der Waals surface area (Å²) in [6.07, 6.45) is 2.50. The van der Waals surface area contributed by atoms with E-state index in [9.17, 15) is 9.59 Å². The largest absolute Gasteiger partial charge is 0.285 e. The fraction of sp³-hybridized carbons (Fsp3) is 0.529. The highest BCUT2D eigenvalue weighted by Crippen LogP contribution is 2.36. The van der Waals surface area contributed by atoms with Crippen molar-refractivity contribution >= 4 is 11.8 Å². The topological polar surface area (TPSA) is 37.4 Å². The second-order valence-electron chi connectivity index (χ2n) is 5.61. The molecule has 108 valence electrons. The van der Waals surface area contributed by atoms with Gasteiger partial charge in [0.1, 0.15) is 0 Å². The maximum Gasteiger partial charge on any atom is 0.232 e. The molecule has 0 saturated carbocycles. The minimum absolute atomic E-state index is 0.00349. The Kier molecular flexibility index (Phi) is 4.58. The number of nitrogens with zero attached hydrogens (tertiary/aromatic N) is 1. The van der Waals surface area contributed by atoms with E-state index in [2.05, 4.69) is 19.1 Å². The molecular formula is C17H23NO2. The fourth-order valence-corrected chi connectivity index (χ4v) is 3.24. The molecular weight excluding hydrogens is 250 g/mol. The van der Waals surface area contributed by atoms with E-state index in [-0.39, 0.29) is 23.7 Å². The number of carbonyl (C=O) groups excluding carboxylic acids is 2. The summed E-state index contributed by atoms with van der Waals surface area (Å²) in [5.74, 6) is 0.0491. The minimum Gasteiger partial charge on any atom is -0.285 e. The van der Waals surface area contributed by atoms with Crippen LogP contribution in [-0.2, 0) is 9.59 Å². The van der Waals surface area contributed by atoms with Gasteiger partial charge >= 0.3 is 0 Å². The highest BCUT2D eigenvalue weighted by molar-refractivity contribution is 6.04. The van der Waals surface area contributed by atoms with Crippen molar-refractivity contribution in [3.63, 3.8) is 0 Å². The van der Waals surface area contributed by atoms with Crippen molar-refractivity contribution in [1.82, 2.24) is 4.90 Å². The maximum absolute atomic E-state index is 12.3. The van der Waals surface area contributed by atoms with Crippen LogP contribution in [0.25, 0.3) is 0 Å². The quantitative estimate of drug-likeness (QED) is 0.772. The Morgan fingerprint density at radius 3 is 2.20 bits per heavy atom. The van der Waals surface area contributed by atoms with E-state index in [4.69, 9.17) is 0 Å². The first-order valence-corrected chi connectivity index (χ1v) is 7.46. The number of amides is 2. The first-order chi connectivity index (χ1) is 9.60. The number of carbonyl (C=O) groups is 2. The predicted octanol–water partition coefficient (Wildman–Crippen LogP) is 3.21. The molecule has 1 heterocycles. The molecule has 0 bridgehead atoms. The zero-order chi connectivity index (χ0) is 14.7. The lowest BCUT2D eigenvalue weighted by atomic mass is 9.81. The summed E-state index contributed by atoms with van der Waals surface area (Å²) in [5, 5.41) is 0. The average Bonchev–Trinajstić information content (AvgIpc) is 2.69. The predicted molar refractivity (Wildman–Crippen MR) is 79.1 cm³/mol. The van der Waals surface area contributed by atoms with Gasteiger partial charge in [-0.2, -0.15) is 0 Å². The van der Waals surface area contributed by atoms with Gasteiger partial charge < -0.3 is 0 Å². The van der Waals surface area contributed by atoms with Gasteiger partial charge in [-0.05, 0) is 30.7 Å². The summed E-state index contributed by atoms with van der Waals surface area (Å²) in [5.41, 5.74) is 1.26. The van der Waals surface area contributed by atoms with Crippen LogP contribution in [-0.4, -0.2) is 23.8 Å². The van der Waals surface area contributed by atoms with Gasteiger partial charge in [0.2, 0.25) is 11.8 Å². The summed E-state index contributed by atoms with van der Waals surface area (Å²) in [7, 11) is 1.61. The highest BCUT2D eigenvalue weighted by atomic mass is 16.2. The third-order valence-electron chi connectivity index (χ3n) is 4.52. The molecule has 0 aromatic heterocycles. The minimum atomic E-state index is -0.150. The van der Waals surface area contributed by atoms with Crippen molar-refractivity contribution in [2.24, 2.45) is 11.8 Å². The Hall–Kier alpha value is -1.64. The SMILES string of the molecule is CCC(CC1C(=O)N(C)C(=O)C1CC)c1ccccc1. The number of rotatable bonds is 5. The Labute approximate surface area is 121 Å². The standard InChI is InChI=1S/C17H23NO2/c1-4-12(13-9-7-6-8-10-13)11-15-14(5-2)16(19)18(3)17(15)20/h6-10,12,14-15H,4-5,11H2,1-3H3. The lowest BCUT2D eigenvalue weighted by Crippen LogP contribution is -2.26. The van der Waals surface area contributed by atoms with Crippen molar-refractivity contribution in [2.45, 2.75) is 39.0 Å². The van der Waals surface area contributed by atoms with Crippen LogP contribution >= 0.6 is 0 Å². The van der Waals surface area contributed by atoms with Crippen molar-refractivity contribution in [3.8, 4) is 0 Å². The molecule has 2 rings (SSSR count). The molecule has 0 N–H and O–H groups in total. The Morgan fingerprint density at radius 2 is 1.65 bits per heavy atom.